The van der Waals surface area contributed by atoms with Crippen molar-refractivity contribution >= 4 is 23.4 Å². The van der Waals surface area contributed by atoms with E-state index in [9.17, 15) is 14.4 Å². The second-order valence-corrected chi connectivity index (χ2v) is 6.01. The number of benzene rings is 2. The Morgan fingerprint density at radius 3 is 2.15 bits per heavy atom. The molecule has 3 aromatic rings. The number of rotatable bonds is 4. The van der Waals surface area contributed by atoms with Gasteiger partial charge in [-0.05, 0) is 36.4 Å². The largest absolute Gasteiger partial charge is 0.346 e. The monoisotopic (exact) mass is 357 g/mol. The summed E-state index contributed by atoms with van der Waals surface area (Å²) in [7, 11) is 0. The van der Waals surface area contributed by atoms with Crippen LogP contribution in [0.3, 0.4) is 0 Å². The third kappa shape index (κ3) is 2.97. The van der Waals surface area contributed by atoms with E-state index >= 15 is 0 Å². The molecule has 0 unspecified atom stereocenters. The number of hydrogen-bond acceptors (Lipinski definition) is 4. The van der Waals surface area contributed by atoms with Crippen LogP contribution < -0.4 is 10.2 Å². The molecule has 0 aliphatic carbocycles. The fourth-order valence-corrected chi connectivity index (χ4v) is 3.04. The Morgan fingerprint density at radius 2 is 1.48 bits per heavy atom. The van der Waals surface area contributed by atoms with E-state index in [0.717, 1.165) is 4.90 Å². The highest BCUT2D eigenvalue weighted by atomic mass is 16.2. The number of anilines is 1. The standard InChI is InChI=1S/C21H15N3O3/c25-19(23-13-14-7-5-6-12-22-14)17-10-3-4-11-18(17)24-20(26)15-8-1-2-9-16(15)21(24)27/h1-12H,13H2,(H,23,25). The number of nitrogens with one attached hydrogen (secondary N) is 1. The zero-order valence-electron chi connectivity index (χ0n) is 14.3. The maximum atomic E-state index is 12.7. The maximum Gasteiger partial charge on any atom is 0.266 e. The number of nitrogens with zero attached hydrogens (tertiary/aromatic N) is 2. The fourth-order valence-electron chi connectivity index (χ4n) is 3.04. The van der Waals surface area contributed by atoms with Gasteiger partial charge in [-0.3, -0.25) is 19.4 Å². The van der Waals surface area contributed by atoms with Crippen LogP contribution in [0.4, 0.5) is 5.69 Å². The Hall–Kier alpha value is -3.80. The molecule has 0 saturated carbocycles. The summed E-state index contributed by atoms with van der Waals surface area (Å²) in [4.78, 5) is 43.4. The lowest BCUT2D eigenvalue weighted by Gasteiger charge is -2.17. The summed E-state index contributed by atoms with van der Waals surface area (Å²) in [5, 5.41) is 2.78. The molecule has 1 aliphatic rings. The van der Waals surface area contributed by atoms with Crippen LogP contribution in [-0.2, 0) is 6.54 Å². The molecule has 0 spiro atoms. The van der Waals surface area contributed by atoms with Crippen molar-refractivity contribution in [2.75, 3.05) is 4.90 Å². The fraction of sp³-hybridized carbons (Fsp3) is 0.0476. The molecule has 0 atom stereocenters. The summed E-state index contributed by atoms with van der Waals surface area (Å²) >= 11 is 0. The third-order valence-corrected chi connectivity index (χ3v) is 4.34. The number of para-hydroxylation sites is 1. The van der Waals surface area contributed by atoms with Crippen LogP contribution in [0, 0.1) is 0 Å². The Bertz CT molecular complexity index is 1010. The summed E-state index contributed by atoms with van der Waals surface area (Å²) in [6.07, 6.45) is 1.65. The van der Waals surface area contributed by atoms with Crippen LogP contribution in [0.1, 0.15) is 36.8 Å². The molecule has 0 radical (unpaired) electrons. The smallest absolute Gasteiger partial charge is 0.266 e. The Kier molecular flexibility index (Phi) is 4.22. The number of amides is 3. The predicted molar refractivity (Wildman–Crippen MR) is 99.4 cm³/mol. The molecular formula is C21H15N3O3. The highest BCUT2D eigenvalue weighted by molar-refractivity contribution is 6.35. The SMILES string of the molecule is O=C(NCc1ccccn1)c1ccccc1N1C(=O)c2ccccc2C1=O. The average Bonchev–Trinajstić information content (AvgIpc) is 2.97. The Morgan fingerprint density at radius 1 is 0.852 bits per heavy atom. The average molecular weight is 357 g/mol. The number of aromatic nitrogens is 1. The molecule has 4 rings (SSSR count). The van der Waals surface area contributed by atoms with Gasteiger partial charge in [0.15, 0.2) is 0 Å². The van der Waals surface area contributed by atoms with Crippen molar-refractivity contribution in [3.05, 3.63) is 95.3 Å². The normalized spacial score (nSPS) is 12.8. The molecule has 1 aromatic heterocycles. The molecular weight excluding hydrogens is 342 g/mol. The molecule has 0 saturated heterocycles. The summed E-state index contributed by atoms with van der Waals surface area (Å²) in [5.74, 6) is -1.24. The molecule has 1 N–H and O–H groups in total. The maximum absolute atomic E-state index is 12.7. The molecule has 6 heteroatoms. The number of carbonyl (C=O) groups excluding carboxylic acids is 3. The number of hydrogen-bond donors (Lipinski definition) is 1. The van der Waals surface area contributed by atoms with Gasteiger partial charge >= 0.3 is 0 Å². The lowest BCUT2D eigenvalue weighted by Crippen LogP contribution is -2.33. The van der Waals surface area contributed by atoms with Crippen LogP contribution in [-0.4, -0.2) is 22.7 Å². The van der Waals surface area contributed by atoms with Gasteiger partial charge in [0.05, 0.1) is 34.6 Å². The van der Waals surface area contributed by atoms with E-state index in [1.165, 1.54) is 0 Å². The lowest BCUT2D eigenvalue weighted by molar-refractivity contribution is 0.0926. The second kappa shape index (κ2) is 6.84. The molecule has 2 aromatic carbocycles. The number of imide groups is 1. The van der Waals surface area contributed by atoms with Crippen LogP contribution >= 0.6 is 0 Å². The van der Waals surface area contributed by atoms with Crippen molar-refractivity contribution in [1.29, 1.82) is 0 Å². The molecule has 0 fully saturated rings. The number of pyridine rings is 1. The summed E-state index contributed by atoms with van der Waals surface area (Å²) in [6, 6.07) is 18.6. The van der Waals surface area contributed by atoms with Gasteiger partial charge in [0.25, 0.3) is 17.7 Å². The quantitative estimate of drug-likeness (QED) is 0.728. The van der Waals surface area contributed by atoms with Crippen molar-refractivity contribution < 1.29 is 14.4 Å². The molecule has 6 nitrogen and oxygen atoms in total. The van der Waals surface area contributed by atoms with Crippen LogP contribution in [0.5, 0.6) is 0 Å². The van der Waals surface area contributed by atoms with Gasteiger partial charge in [-0.15, -0.1) is 0 Å². The predicted octanol–water partition coefficient (Wildman–Crippen LogP) is 2.81. The van der Waals surface area contributed by atoms with E-state index in [4.69, 9.17) is 0 Å². The summed E-state index contributed by atoms with van der Waals surface area (Å²) in [6.45, 7) is 0.246. The van der Waals surface area contributed by atoms with E-state index in [1.807, 2.05) is 6.07 Å². The minimum absolute atomic E-state index is 0.246. The van der Waals surface area contributed by atoms with Crippen molar-refractivity contribution in [3.8, 4) is 0 Å². The van der Waals surface area contributed by atoms with Gasteiger partial charge in [-0.2, -0.15) is 0 Å². The van der Waals surface area contributed by atoms with Gasteiger partial charge in [0.1, 0.15) is 0 Å². The van der Waals surface area contributed by atoms with E-state index in [2.05, 4.69) is 10.3 Å². The number of fused-ring (bicyclic) bond motifs is 1. The second-order valence-electron chi connectivity index (χ2n) is 6.01. The molecule has 0 bridgehead atoms. The zero-order chi connectivity index (χ0) is 18.8. The highest BCUT2D eigenvalue weighted by Crippen LogP contribution is 2.30. The third-order valence-electron chi connectivity index (χ3n) is 4.34. The topological polar surface area (TPSA) is 79.4 Å². The van der Waals surface area contributed by atoms with Crippen molar-refractivity contribution in [1.82, 2.24) is 10.3 Å². The molecule has 27 heavy (non-hydrogen) atoms. The molecule has 132 valence electrons. The first-order valence-electron chi connectivity index (χ1n) is 8.42. The summed E-state index contributed by atoms with van der Waals surface area (Å²) < 4.78 is 0. The first kappa shape index (κ1) is 16.7. The Labute approximate surface area is 155 Å². The van der Waals surface area contributed by atoms with E-state index < -0.39 is 11.8 Å². The van der Waals surface area contributed by atoms with Crippen molar-refractivity contribution in [2.45, 2.75) is 6.54 Å². The van der Waals surface area contributed by atoms with E-state index in [-0.39, 0.29) is 23.7 Å². The van der Waals surface area contributed by atoms with Crippen molar-refractivity contribution in [2.24, 2.45) is 0 Å². The first-order chi connectivity index (χ1) is 13.2. The van der Waals surface area contributed by atoms with Crippen molar-refractivity contribution in [3.63, 3.8) is 0 Å². The highest BCUT2D eigenvalue weighted by Gasteiger charge is 2.37. The Balaban J connectivity index is 1.63. The van der Waals surface area contributed by atoms with Gasteiger partial charge in [-0.1, -0.05) is 30.3 Å². The molecule has 1 aliphatic heterocycles. The zero-order valence-corrected chi connectivity index (χ0v) is 14.3. The van der Waals surface area contributed by atoms with E-state index in [1.54, 1.807) is 66.9 Å². The van der Waals surface area contributed by atoms with Crippen LogP contribution in [0.15, 0.2) is 72.9 Å². The minimum Gasteiger partial charge on any atom is -0.346 e. The minimum atomic E-state index is -0.430. The van der Waals surface area contributed by atoms with Gasteiger partial charge in [0.2, 0.25) is 0 Å². The first-order valence-corrected chi connectivity index (χ1v) is 8.42. The van der Waals surface area contributed by atoms with Crippen LogP contribution in [0.25, 0.3) is 0 Å². The van der Waals surface area contributed by atoms with Gasteiger partial charge in [-0.25, -0.2) is 4.90 Å². The molecule has 2 heterocycles. The van der Waals surface area contributed by atoms with Crippen LogP contribution in [0.2, 0.25) is 0 Å². The van der Waals surface area contributed by atoms with Gasteiger partial charge < -0.3 is 5.32 Å². The molecule has 3 amide bonds. The van der Waals surface area contributed by atoms with E-state index in [0.29, 0.717) is 16.8 Å². The van der Waals surface area contributed by atoms with Gasteiger partial charge in [0, 0.05) is 6.20 Å². The lowest BCUT2D eigenvalue weighted by atomic mass is 10.1. The number of carbonyl (C=O) groups is 3. The summed E-state index contributed by atoms with van der Waals surface area (Å²) in [5.41, 5.74) is 1.91.